The highest BCUT2D eigenvalue weighted by Gasteiger charge is 2.21. The van der Waals surface area contributed by atoms with Crippen LogP contribution in [0.1, 0.15) is 65.7 Å². The van der Waals surface area contributed by atoms with E-state index in [-0.39, 0.29) is 0 Å². The molecule has 0 radical (unpaired) electrons. The Balaban J connectivity index is 2.37. The first-order valence-corrected chi connectivity index (χ1v) is 8.56. The summed E-state index contributed by atoms with van der Waals surface area (Å²) in [4.78, 5) is 14.5. The van der Waals surface area contributed by atoms with E-state index in [1.54, 1.807) is 0 Å². The summed E-state index contributed by atoms with van der Waals surface area (Å²) < 4.78 is 0. The van der Waals surface area contributed by atoms with Crippen LogP contribution in [0.2, 0.25) is 0 Å². The second kappa shape index (κ2) is 9.38. The van der Waals surface area contributed by atoms with Crippen molar-refractivity contribution in [1.82, 2.24) is 4.90 Å². The summed E-state index contributed by atoms with van der Waals surface area (Å²) in [6.07, 6.45) is 7.68. The maximum atomic E-state index is 12.4. The largest absolute Gasteiger partial charge is 0.343 e. The number of rotatable bonds is 7. The molecule has 1 aliphatic rings. The molecule has 2 N–H and O–H groups in total. The Kier molecular flexibility index (Phi) is 8.20. The molecule has 118 valence electrons. The summed E-state index contributed by atoms with van der Waals surface area (Å²) in [7, 11) is 0. The Morgan fingerprint density at radius 1 is 1.25 bits per heavy atom. The number of nitrogens with two attached hydrogens (primary N) is 1. The van der Waals surface area contributed by atoms with Crippen LogP contribution in [0.5, 0.6) is 0 Å². The van der Waals surface area contributed by atoms with Crippen molar-refractivity contribution < 1.29 is 4.79 Å². The summed E-state index contributed by atoms with van der Waals surface area (Å²) in [6.45, 7) is 9.42. The average molecular weight is 282 g/mol. The molecule has 0 aromatic rings. The summed E-state index contributed by atoms with van der Waals surface area (Å²) in [5.74, 6) is 2.41. The van der Waals surface area contributed by atoms with Crippen molar-refractivity contribution >= 4 is 5.91 Å². The average Bonchev–Trinajstić information content (AvgIpc) is 2.68. The number of carbonyl (C=O) groups is 1. The number of amides is 1. The molecule has 1 saturated heterocycles. The van der Waals surface area contributed by atoms with Crippen molar-refractivity contribution in [3.8, 4) is 0 Å². The first kappa shape index (κ1) is 17.5. The molecular formula is C17H34N2O. The molecule has 3 heteroatoms. The number of likely N-dealkylation sites (tertiary alicyclic amines) is 1. The molecule has 1 aliphatic heterocycles. The van der Waals surface area contributed by atoms with Crippen molar-refractivity contribution in [2.75, 3.05) is 19.6 Å². The zero-order valence-electron chi connectivity index (χ0n) is 13.7. The molecule has 0 aliphatic carbocycles. The van der Waals surface area contributed by atoms with Crippen molar-refractivity contribution in [2.24, 2.45) is 23.5 Å². The van der Waals surface area contributed by atoms with Crippen LogP contribution in [0, 0.1) is 17.8 Å². The second-order valence-corrected chi connectivity index (χ2v) is 6.71. The van der Waals surface area contributed by atoms with E-state index < -0.39 is 0 Å². The van der Waals surface area contributed by atoms with E-state index in [0.29, 0.717) is 24.2 Å². The number of nitrogens with zero attached hydrogens (tertiary/aromatic N) is 1. The second-order valence-electron chi connectivity index (χ2n) is 6.71. The van der Waals surface area contributed by atoms with Gasteiger partial charge in [-0.25, -0.2) is 0 Å². The van der Waals surface area contributed by atoms with Crippen LogP contribution in [0.25, 0.3) is 0 Å². The van der Waals surface area contributed by atoms with Crippen LogP contribution in [0.15, 0.2) is 0 Å². The Morgan fingerprint density at radius 3 is 2.60 bits per heavy atom. The summed E-state index contributed by atoms with van der Waals surface area (Å²) in [5, 5.41) is 0. The number of hydrogen-bond acceptors (Lipinski definition) is 2. The van der Waals surface area contributed by atoms with E-state index in [0.717, 1.165) is 38.4 Å². The van der Waals surface area contributed by atoms with Crippen molar-refractivity contribution in [1.29, 1.82) is 0 Å². The lowest BCUT2D eigenvalue weighted by atomic mass is 9.88. The fourth-order valence-electron chi connectivity index (χ4n) is 3.32. The lowest BCUT2D eigenvalue weighted by Gasteiger charge is -2.24. The van der Waals surface area contributed by atoms with Gasteiger partial charge in [-0.15, -0.1) is 0 Å². The molecular weight excluding hydrogens is 248 g/mol. The van der Waals surface area contributed by atoms with Crippen LogP contribution in [-0.4, -0.2) is 30.4 Å². The Bertz CT molecular complexity index is 278. The first-order chi connectivity index (χ1) is 9.58. The maximum absolute atomic E-state index is 12.4. The molecule has 0 bridgehead atoms. The molecule has 0 aromatic carbocycles. The van der Waals surface area contributed by atoms with Gasteiger partial charge in [0.05, 0.1) is 0 Å². The van der Waals surface area contributed by atoms with Gasteiger partial charge in [-0.05, 0) is 56.4 Å². The SMILES string of the molecule is CCC1CCCN(C(=O)CCC(CCN)C(C)C)CC1. The van der Waals surface area contributed by atoms with E-state index in [1.165, 1.54) is 25.7 Å². The van der Waals surface area contributed by atoms with Crippen LogP contribution in [0.3, 0.4) is 0 Å². The molecule has 0 saturated carbocycles. The molecule has 1 rings (SSSR count). The van der Waals surface area contributed by atoms with E-state index in [2.05, 4.69) is 25.7 Å². The molecule has 20 heavy (non-hydrogen) atoms. The molecule has 0 spiro atoms. The van der Waals surface area contributed by atoms with E-state index >= 15 is 0 Å². The minimum atomic E-state index is 0.365. The highest BCUT2D eigenvalue weighted by molar-refractivity contribution is 5.76. The molecule has 1 heterocycles. The highest BCUT2D eigenvalue weighted by Crippen LogP contribution is 2.23. The first-order valence-electron chi connectivity index (χ1n) is 8.56. The van der Waals surface area contributed by atoms with Crippen LogP contribution >= 0.6 is 0 Å². The van der Waals surface area contributed by atoms with Gasteiger partial charge in [-0.3, -0.25) is 4.79 Å². The molecule has 1 amide bonds. The van der Waals surface area contributed by atoms with E-state index in [4.69, 9.17) is 5.73 Å². The van der Waals surface area contributed by atoms with Gasteiger partial charge in [-0.2, -0.15) is 0 Å². The normalized spacial score (nSPS) is 21.9. The number of hydrogen-bond donors (Lipinski definition) is 1. The quantitative estimate of drug-likeness (QED) is 0.777. The highest BCUT2D eigenvalue weighted by atomic mass is 16.2. The lowest BCUT2D eigenvalue weighted by Crippen LogP contribution is -2.32. The molecule has 2 atom stereocenters. The van der Waals surface area contributed by atoms with Gasteiger partial charge < -0.3 is 10.6 Å². The minimum absolute atomic E-state index is 0.365. The van der Waals surface area contributed by atoms with E-state index in [1.807, 2.05) is 0 Å². The number of carbonyl (C=O) groups excluding carboxylic acids is 1. The van der Waals surface area contributed by atoms with Gasteiger partial charge in [0, 0.05) is 19.5 Å². The third-order valence-corrected chi connectivity index (χ3v) is 4.99. The summed E-state index contributed by atoms with van der Waals surface area (Å²) >= 11 is 0. The van der Waals surface area contributed by atoms with Gasteiger partial charge in [-0.1, -0.05) is 27.2 Å². The molecule has 2 unspecified atom stereocenters. The smallest absolute Gasteiger partial charge is 0.222 e. The standard InChI is InChI=1S/C17H34N2O/c1-4-15-6-5-12-19(13-10-15)17(20)8-7-16(9-11-18)14(2)3/h14-16H,4-13,18H2,1-3H3. The lowest BCUT2D eigenvalue weighted by molar-refractivity contribution is -0.131. The predicted octanol–water partition coefficient (Wildman–Crippen LogP) is 3.43. The Hall–Kier alpha value is -0.570. The van der Waals surface area contributed by atoms with Gasteiger partial charge in [0.15, 0.2) is 0 Å². The topological polar surface area (TPSA) is 46.3 Å². The van der Waals surface area contributed by atoms with Crippen LogP contribution < -0.4 is 5.73 Å². The maximum Gasteiger partial charge on any atom is 0.222 e. The Labute approximate surface area is 125 Å². The van der Waals surface area contributed by atoms with E-state index in [9.17, 15) is 4.79 Å². The third-order valence-electron chi connectivity index (χ3n) is 4.99. The van der Waals surface area contributed by atoms with Gasteiger partial charge in [0.1, 0.15) is 0 Å². The fraction of sp³-hybridized carbons (Fsp3) is 0.941. The Morgan fingerprint density at radius 2 is 2.00 bits per heavy atom. The van der Waals surface area contributed by atoms with Crippen molar-refractivity contribution in [2.45, 2.75) is 65.7 Å². The zero-order valence-corrected chi connectivity index (χ0v) is 13.7. The molecule has 0 aromatic heterocycles. The zero-order chi connectivity index (χ0) is 15.0. The molecule has 1 fully saturated rings. The monoisotopic (exact) mass is 282 g/mol. The van der Waals surface area contributed by atoms with Gasteiger partial charge >= 0.3 is 0 Å². The van der Waals surface area contributed by atoms with Crippen molar-refractivity contribution in [3.63, 3.8) is 0 Å². The van der Waals surface area contributed by atoms with Crippen LogP contribution in [0.4, 0.5) is 0 Å². The predicted molar refractivity (Wildman–Crippen MR) is 85.4 cm³/mol. The fourth-order valence-corrected chi connectivity index (χ4v) is 3.32. The summed E-state index contributed by atoms with van der Waals surface area (Å²) in [6, 6.07) is 0. The van der Waals surface area contributed by atoms with Gasteiger partial charge in [0.2, 0.25) is 5.91 Å². The summed E-state index contributed by atoms with van der Waals surface area (Å²) in [5.41, 5.74) is 5.67. The van der Waals surface area contributed by atoms with Gasteiger partial charge in [0.25, 0.3) is 0 Å². The third kappa shape index (κ3) is 5.82. The molecule has 3 nitrogen and oxygen atoms in total. The minimum Gasteiger partial charge on any atom is -0.343 e. The van der Waals surface area contributed by atoms with Crippen molar-refractivity contribution in [3.05, 3.63) is 0 Å². The van der Waals surface area contributed by atoms with Crippen LogP contribution in [-0.2, 0) is 4.79 Å².